The van der Waals surface area contributed by atoms with Gasteiger partial charge in [0.2, 0.25) is 0 Å². The standard InChI is InChI=1S/C19H23NS/c1-2-4-18-16(3-1)8-17(21-18)12-20-19-9-13-5-14(10-19)7-15(6-13)11-19/h1-4,8,13-15,20H,5-7,9-12H2. The van der Waals surface area contributed by atoms with Gasteiger partial charge in [0, 0.05) is 21.7 Å². The van der Waals surface area contributed by atoms with E-state index in [9.17, 15) is 0 Å². The minimum Gasteiger partial charge on any atom is -0.306 e. The fourth-order valence-corrected chi connectivity index (χ4v) is 6.73. The number of nitrogens with one attached hydrogen (secondary N) is 1. The lowest BCUT2D eigenvalue weighted by Crippen LogP contribution is -2.58. The Hall–Kier alpha value is -0.860. The number of benzene rings is 1. The second-order valence-corrected chi connectivity index (χ2v) is 8.97. The minimum absolute atomic E-state index is 0.491. The average Bonchev–Trinajstić information content (AvgIpc) is 2.87. The van der Waals surface area contributed by atoms with Gasteiger partial charge in [0.1, 0.15) is 0 Å². The van der Waals surface area contributed by atoms with E-state index in [4.69, 9.17) is 0 Å². The molecule has 0 spiro atoms. The molecule has 0 saturated heterocycles. The summed E-state index contributed by atoms with van der Waals surface area (Å²) in [6, 6.07) is 11.2. The van der Waals surface area contributed by atoms with Crippen LogP contribution in [-0.4, -0.2) is 5.54 Å². The van der Waals surface area contributed by atoms with E-state index < -0.39 is 0 Å². The van der Waals surface area contributed by atoms with Gasteiger partial charge in [-0.25, -0.2) is 0 Å². The maximum atomic E-state index is 4.01. The highest BCUT2D eigenvalue weighted by atomic mass is 32.1. The molecule has 2 heteroatoms. The van der Waals surface area contributed by atoms with Gasteiger partial charge in [-0.1, -0.05) is 18.2 Å². The lowest BCUT2D eigenvalue weighted by Gasteiger charge is -2.57. The molecule has 4 aliphatic carbocycles. The number of thiophene rings is 1. The first-order valence-corrected chi connectivity index (χ1v) is 9.32. The maximum absolute atomic E-state index is 4.01. The molecule has 0 amide bonds. The molecule has 1 heterocycles. The molecule has 0 atom stereocenters. The Morgan fingerprint density at radius 3 is 2.33 bits per heavy atom. The molecule has 4 bridgehead atoms. The van der Waals surface area contributed by atoms with Crippen molar-refractivity contribution in [1.82, 2.24) is 5.32 Å². The maximum Gasteiger partial charge on any atom is 0.0346 e. The smallest absolute Gasteiger partial charge is 0.0346 e. The summed E-state index contributed by atoms with van der Waals surface area (Å²) in [7, 11) is 0. The number of hydrogen-bond acceptors (Lipinski definition) is 2. The van der Waals surface area contributed by atoms with E-state index in [-0.39, 0.29) is 0 Å². The Bertz CT molecular complexity index is 603. The highest BCUT2D eigenvalue weighted by Gasteiger charge is 2.50. The molecule has 0 radical (unpaired) electrons. The second-order valence-electron chi connectivity index (χ2n) is 7.80. The number of fused-ring (bicyclic) bond motifs is 1. The summed E-state index contributed by atoms with van der Waals surface area (Å²) in [5, 5.41) is 5.42. The van der Waals surface area contributed by atoms with E-state index in [1.807, 2.05) is 11.3 Å². The summed E-state index contributed by atoms with van der Waals surface area (Å²) in [4.78, 5) is 1.51. The Labute approximate surface area is 130 Å². The summed E-state index contributed by atoms with van der Waals surface area (Å²) < 4.78 is 1.43. The van der Waals surface area contributed by atoms with Crippen molar-refractivity contribution in [1.29, 1.82) is 0 Å². The van der Waals surface area contributed by atoms with Crippen molar-refractivity contribution in [3.8, 4) is 0 Å². The van der Waals surface area contributed by atoms with Crippen LogP contribution in [0, 0.1) is 17.8 Å². The van der Waals surface area contributed by atoms with Crippen LogP contribution < -0.4 is 5.32 Å². The van der Waals surface area contributed by atoms with Crippen molar-refractivity contribution in [2.45, 2.75) is 50.6 Å². The molecule has 1 nitrogen and oxygen atoms in total. The van der Waals surface area contributed by atoms with Gasteiger partial charge < -0.3 is 5.32 Å². The largest absolute Gasteiger partial charge is 0.306 e. The molecule has 4 aliphatic rings. The summed E-state index contributed by atoms with van der Waals surface area (Å²) in [5.74, 6) is 3.10. The van der Waals surface area contributed by atoms with E-state index >= 15 is 0 Å². The van der Waals surface area contributed by atoms with Gasteiger partial charge in [-0.05, 0) is 73.8 Å². The van der Waals surface area contributed by atoms with Crippen LogP contribution in [0.3, 0.4) is 0 Å². The Kier molecular flexibility index (Phi) is 2.75. The first-order valence-electron chi connectivity index (χ1n) is 8.50. The van der Waals surface area contributed by atoms with Crippen LogP contribution in [0.4, 0.5) is 0 Å². The second kappa shape index (κ2) is 4.57. The molecule has 4 fully saturated rings. The van der Waals surface area contributed by atoms with Crippen molar-refractivity contribution in [3.05, 3.63) is 35.2 Å². The molecule has 1 N–H and O–H groups in total. The lowest BCUT2D eigenvalue weighted by molar-refractivity contribution is -0.0204. The van der Waals surface area contributed by atoms with Crippen LogP contribution in [0.25, 0.3) is 10.1 Å². The lowest BCUT2D eigenvalue weighted by atomic mass is 9.53. The number of rotatable bonds is 3. The molecule has 4 saturated carbocycles. The molecule has 2 aromatic rings. The molecule has 6 rings (SSSR count). The van der Waals surface area contributed by atoms with Gasteiger partial charge in [-0.3, -0.25) is 0 Å². The number of hydrogen-bond donors (Lipinski definition) is 1. The zero-order valence-corrected chi connectivity index (χ0v) is 13.3. The van der Waals surface area contributed by atoms with Gasteiger partial charge in [0.25, 0.3) is 0 Å². The average molecular weight is 297 g/mol. The van der Waals surface area contributed by atoms with Crippen LogP contribution in [0.1, 0.15) is 43.4 Å². The third-order valence-corrected chi connectivity index (χ3v) is 7.27. The molecule has 1 aromatic carbocycles. The fourth-order valence-electron chi connectivity index (χ4n) is 5.73. The monoisotopic (exact) mass is 297 g/mol. The zero-order chi connectivity index (χ0) is 13.9. The predicted octanol–water partition coefficient (Wildman–Crippen LogP) is 4.96. The van der Waals surface area contributed by atoms with Gasteiger partial charge in [-0.2, -0.15) is 0 Å². The van der Waals surface area contributed by atoms with E-state index in [2.05, 4.69) is 35.6 Å². The van der Waals surface area contributed by atoms with E-state index in [1.165, 1.54) is 53.5 Å². The Morgan fingerprint density at radius 1 is 1.00 bits per heavy atom. The summed E-state index contributed by atoms with van der Waals surface area (Å²) in [6.45, 7) is 1.07. The quantitative estimate of drug-likeness (QED) is 0.844. The van der Waals surface area contributed by atoms with Gasteiger partial charge in [-0.15, -0.1) is 11.3 Å². The molecule has 1 aromatic heterocycles. The van der Waals surface area contributed by atoms with Gasteiger partial charge in [0.05, 0.1) is 0 Å². The van der Waals surface area contributed by atoms with Crippen LogP contribution >= 0.6 is 11.3 Å². The Balaban J connectivity index is 1.35. The van der Waals surface area contributed by atoms with Crippen molar-refractivity contribution in [2.24, 2.45) is 17.8 Å². The van der Waals surface area contributed by atoms with Crippen LogP contribution in [0.15, 0.2) is 30.3 Å². The SMILES string of the molecule is c1ccc2sc(CNC34CC5CC(CC(C5)C3)C4)cc2c1. The highest BCUT2D eigenvalue weighted by molar-refractivity contribution is 7.19. The van der Waals surface area contributed by atoms with E-state index in [1.54, 1.807) is 0 Å². The topological polar surface area (TPSA) is 12.0 Å². The van der Waals surface area contributed by atoms with Gasteiger partial charge in [0.15, 0.2) is 0 Å². The molecule has 0 aliphatic heterocycles. The first-order chi connectivity index (χ1) is 10.3. The normalized spacial score (nSPS) is 37.4. The predicted molar refractivity (Wildman–Crippen MR) is 89.6 cm³/mol. The first kappa shape index (κ1) is 12.7. The summed E-state index contributed by atoms with van der Waals surface area (Å²) in [6.07, 6.45) is 8.94. The fraction of sp³-hybridized carbons (Fsp3) is 0.579. The van der Waals surface area contributed by atoms with Crippen LogP contribution in [0.5, 0.6) is 0 Å². The molecule has 21 heavy (non-hydrogen) atoms. The third-order valence-electron chi connectivity index (χ3n) is 6.15. The van der Waals surface area contributed by atoms with E-state index in [0.29, 0.717) is 5.54 Å². The van der Waals surface area contributed by atoms with Crippen molar-refractivity contribution >= 4 is 21.4 Å². The van der Waals surface area contributed by atoms with E-state index in [0.717, 1.165) is 24.3 Å². The van der Waals surface area contributed by atoms with Crippen molar-refractivity contribution < 1.29 is 0 Å². The summed E-state index contributed by atoms with van der Waals surface area (Å²) in [5.41, 5.74) is 0.491. The van der Waals surface area contributed by atoms with Gasteiger partial charge >= 0.3 is 0 Å². The van der Waals surface area contributed by atoms with Crippen molar-refractivity contribution in [3.63, 3.8) is 0 Å². The highest BCUT2D eigenvalue weighted by Crippen LogP contribution is 2.55. The minimum atomic E-state index is 0.491. The van der Waals surface area contributed by atoms with Crippen molar-refractivity contribution in [2.75, 3.05) is 0 Å². The molecular weight excluding hydrogens is 274 g/mol. The molecule has 110 valence electrons. The zero-order valence-electron chi connectivity index (χ0n) is 12.5. The molecular formula is C19H23NS. The molecule has 0 unspecified atom stereocenters. The Morgan fingerprint density at radius 2 is 1.67 bits per heavy atom. The van der Waals surface area contributed by atoms with Crippen LogP contribution in [0.2, 0.25) is 0 Å². The third kappa shape index (κ3) is 2.15. The summed E-state index contributed by atoms with van der Waals surface area (Å²) >= 11 is 1.96. The van der Waals surface area contributed by atoms with Crippen LogP contribution in [-0.2, 0) is 6.54 Å².